The van der Waals surface area contributed by atoms with Crippen molar-refractivity contribution in [1.82, 2.24) is 9.55 Å². The van der Waals surface area contributed by atoms with Crippen molar-refractivity contribution in [3.63, 3.8) is 0 Å². The average Bonchev–Trinajstić information content (AvgIpc) is 3.26. The van der Waals surface area contributed by atoms with Gasteiger partial charge in [0.05, 0.1) is 22.5 Å². The first-order valence-electron chi connectivity index (χ1n) is 10.5. The minimum atomic E-state index is -1.21. The predicted octanol–water partition coefficient (Wildman–Crippen LogP) is 6.02. The third-order valence-electron chi connectivity index (χ3n) is 5.45. The van der Waals surface area contributed by atoms with Gasteiger partial charge in [0.25, 0.3) is 0 Å². The highest BCUT2D eigenvalue weighted by Gasteiger charge is 2.17. The summed E-state index contributed by atoms with van der Waals surface area (Å²) in [6.45, 7) is 0. The molecule has 5 rings (SSSR count). The van der Waals surface area contributed by atoms with Crippen LogP contribution in [0.25, 0.3) is 27.8 Å². The Morgan fingerprint density at radius 1 is 0.829 bits per heavy atom. The van der Waals surface area contributed by atoms with Crippen molar-refractivity contribution in [3.8, 4) is 28.4 Å². The maximum atomic E-state index is 13.1. The Bertz CT molecular complexity index is 1570. The van der Waals surface area contributed by atoms with Crippen LogP contribution in [0.15, 0.2) is 91.1 Å². The molecule has 8 heteroatoms. The Balaban J connectivity index is 1.56. The number of halogens is 1. The highest BCUT2D eigenvalue weighted by Crippen LogP contribution is 2.29. The van der Waals surface area contributed by atoms with Gasteiger partial charge in [0, 0.05) is 17.1 Å². The van der Waals surface area contributed by atoms with Crippen molar-refractivity contribution >= 4 is 22.8 Å². The Kier molecular flexibility index (Phi) is 5.46. The summed E-state index contributed by atoms with van der Waals surface area (Å²) in [5, 5.41) is 19.8. The molecule has 0 unspecified atom stereocenters. The second kappa shape index (κ2) is 8.75. The van der Waals surface area contributed by atoms with Crippen LogP contribution in [0.3, 0.4) is 0 Å². The number of benzene rings is 3. The van der Waals surface area contributed by atoms with E-state index in [1.807, 2.05) is 0 Å². The number of pyridine rings is 1. The number of fused-ring (bicyclic) bond motifs is 1. The number of carboxylic acid groups (broad SMARTS) is 2. The van der Waals surface area contributed by atoms with Gasteiger partial charge in [-0.15, -0.1) is 0 Å². The third-order valence-corrected chi connectivity index (χ3v) is 5.45. The van der Waals surface area contributed by atoms with Crippen LogP contribution < -0.4 is 4.74 Å². The van der Waals surface area contributed by atoms with E-state index in [1.54, 1.807) is 59.2 Å². The molecule has 2 aromatic heterocycles. The number of aromatic carboxylic acids is 2. The van der Waals surface area contributed by atoms with E-state index in [1.165, 1.54) is 36.5 Å². The molecule has 0 spiro atoms. The Labute approximate surface area is 198 Å². The smallest absolute Gasteiger partial charge is 0.354 e. The van der Waals surface area contributed by atoms with Gasteiger partial charge in [0.2, 0.25) is 0 Å². The maximum Gasteiger partial charge on any atom is 0.354 e. The Hall–Kier alpha value is -4.98. The van der Waals surface area contributed by atoms with E-state index >= 15 is 0 Å². The molecule has 3 aromatic carbocycles. The first kappa shape index (κ1) is 21.8. The van der Waals surface area contributed by atoms with Crippen molar-refractivity contribution < 1.29 is 28.9 Å². The summed E-state index contributed by atoms with van der Waals surface area (Å²) in [4.78, 5) is 27.8. The maximum absolute atomic E-state index is 13.1. The van der Waals surface area contributed by atoms with Gasteiger partial charge in [-0.3, -0.25) is 0 Å². The van der Waals surface area contributed by atoms with Gasteiger partial charge in [-0.1, -0.05) is 18.2 Å². The summed E-state index contributed by atoms with van der Waals surface area (Å²) in [6, 6.07) is 22.6. The van der Waals surface area contributed by atoms with E-state index in [0.717, 1.165) is 0 Å². The normalized spacial score (nSPS) is 10.9. The Morgan fingerprint density at radius 3 is 2.14 bits per heavy atom. The Morgan fingerprint density at radius 2 is 1.49 bits per heavy atom. The number of rotatable bonds is 6. The molecule has 0 saturated heterocycles. The summed E-state index contributed by atoms with van der Waals surface area (Å²) >= 11 is 0. The zero-order valence-corrected chi connectivity index (χ0v) is 18.1. The number of ether oxygens (including phenoxy) is 1. The van der Waals surface area contributed by atoms with E-state index in [2.05, 4.69) is 4.98 Å². The number of hydrogen-bond acceptors (Lipinski definition) is 4. The lowest BCUT2D eigenvalue weighted by molar-refractivity contribution is 0.0683. The molecule has 5 aromatic rings. The molecule has 0 fully saturated rings. The third kappa shape index (κ3) is 4.32. The molecular weight excluding hydrogens is 451 g/mol. The molecule has 172 valence electrons. The molecule has 2 heterocycles. The second-order valence-electron chi connectivity index (χ2n) is 7.72. The summed E-state index contributed by atoms with van der Waals surface area (Å²) < 4.78 is 20.5. The molecular formula is C27H17FN2O5. The van der Waals surface area contributed by atoms with Crippen LogP contribution in [0.1, 0.15) is 20.8 Å². The molecule has 0 radical (unpaired) electrons. The van der Waals surface area contributed by atoms with Crippen LogP contribution in [-0.2, 0) is 0 Å². The first-order valence-corrected chi connectivity index (χ1v) is 10.5. The zero-order chi connectivity index (χ0) is 24.5. The number of carbonyl (C=O) groups is 2. The molecule has 0 amide bonds. The van der Waals surface area contributed by atoms with Crippen LogP contribution in [-0.4, -0.2) is 31.7 Å². The number of aromatic nitrogens is 2. The van der Waals surface area contributed by atoms with Crippen LogP contribution >= 0.6 is 0 Å². The van der Waals surface area contributed by atoms with Crippen molar-refractivity contribution in [3.05, 3.63) is 108 Å². The minimum absolute atomic E-state index is 0.109. The largest absolute Gasteiger partial charge is 0.478 e. The summed E-state index contributed by atoms with van der Waals surface area (Å²) in [7, 11) is 0. The number of hydrogen-bond donors (Lipinski definition) is 2. The number of para-hydroxylation sites is 1. The van der Waals surface area contributed by atoms with Crippen molar-refractivity contribution in [1.29, 1.82) is 0 Å². The van der Waals surface area contributed by atoms with Crippen molar-refractivity contribution in [2.75, 3.05) is 0 Å². The molecule has 0 aliphatic rings. The average molecular weight is 468 g/mol. The van der Waals surface area contributed by atoms with Crippen molar-refractivity contribution in [2.45, 2.75) is 0 Å². The second-order valence-corrected chi connectivity index (χ2v) is 7.72. The predicted molar refractivity (Wildman–Crippen MR) is 127 cm³/mol. The van der Waals surface area contributed by atoms with Gasteiger partial charge >= 0.3 is 11.9 Å². The van der Waals surface area contributed by atoms with Crippen LogP contribution in [0, 0.1) is 5.82 Å². The van der Waals surface area contributed by atoms with Gasteiger partial charge in [0.15, 0.2) is 5.69 Å². The van der Waals surface area contributed by atoms with Gasteiger partial charge in [0.1, 0.15) is 17.3 Å². The summed E-state index contributed by atoms with van der Waals surface area (Å²) in [5.74, 6) is -1.67. The van der Waals surface area contributed by atoms with Gasteiger partial charge in [-0.05, 0) is 66.7 Å². The topological polar surface area (TPSA) is 102 Å². The molecule has 7 nitrogen and oxygen atoms in total. The van der Waals surface area contributed by atoms with E-state index in [0.29, 0.717) is 39.3 Å². The zero-order valence-electron chi connectivity index (χ0n) is 18.1. The monoisotopic (exact) mass is 468 g/mol. The lowest BCUT2D eigenvalue weighted by Crippen LogP contribution is -2.04. The van der Waals surface area contributed by atoms with Gasteiger partial charge in [-0.2, -0.15) is 0 Å². The first-order chi connectivity index (χ1) is 16.9. The molecule has 2 N–H and O–H groups in total. The lowest BCUT2D eigenvalue weighted by atomic mass is 10.1. The highest BCUT2D eigenvalue weighted by atomic mass is 19.1. The van der Waals surface area contributed by atoms with Crippen LogP contribution in [0.5, 0.6) is 11.5 Å². The fraction of sp³-hybridized carbons (Fsp3) is 0. The van der Waals surface area contributed by atoms with E-state index < -0.39 is 11.9 Å². The fourth-order valence-corrected chi connectivity index (χ4v) is 3.81. The fourth-order valence-electron chi connectivity index (χ4n) is 3.81. The highest BCUT2D eigenvalue weighted by molar-refractivity contribution is 6.04. The van der Waals surface area contributed by atoms with Crippen LogP contribution in [0.2, 0.25) is 0 Å². The molecule has 0 saturated carbocycles. The standard InChI is InChI=1S/C27H17FN2O5/c28-17-7-11-20(12-8-17)35-19-9-5-16(6-10-19)23-13-18(14-24(29-23)27(33)34)30-15-22(26(31)32)21-3-1-2-4-25(21)30/h1-15H,(H,31,32)(H,33,34). The summed E-state index contributed by atoms with van der Waals surface area (Å²) in [6.07, 6.45) is 1.47. The minimum Gasteiger partial charge on any atom is -0.478 e. The molecule has 0 aliphatic heterocycles. The van der Waals surface area contributed by atoms with Gasteiger partial charge < -0.3 is 19.5 Å². The number of nitrogens with zero attached hydrogens (tertiary/aromatic N) is 2. The van der Waals surface area contributed by atoms with E-state index in [9.17, 15) is 24.2 Å². The van der Waals surface area contributed by atoms with E-state index in [4.69, 9.17) is 4.74 Å². The molecule has 35 heavy (non-hydrogen) atoms. The quantitative estimate of drug-likeness (QED) is 0.316. The molecule has 0 bridgehead atoms. The van der Waals surface area contributed by atoms with Gasteiger partial charge in [-0.25, -0.2) is 19.0 Å². The van der Waals surface area contributed by atoms with E-state index in [-0.39, 0.29) is 17.1 Å². The lowest BCUT2D eigenvalue weighted by Gasteiger charge is -2.11. The molecule has 0 atom stereocenters. The number of carboxylic acids is 2. The van der Waals surface area contributed by atoms with Crippen LogP contribution in [0.4, 0.5) is 4.39 Å². The van der Waals surface area contributed by atoms with Crippen molar-refractivity contribution in [2.24, 2.45) is 0 Å². The summed E-state index contributed by atoms with van der Waals surface area (Å²) in [5.41, 5.74) is 2.04. The SMILES string of the molecule is O=C(O)c1cc(-n2cc(C(=O)O)c3ccccc32)cc(-c2ccc(Oc3ccc(F)cc3)cc2)n1. The molecule has 0 aliphatic carbocycles.